The van der Waals surface area contributed by atoms with Crippen molar-refractivity contribution in [2.75, 3.05) is 31.9 Å². The van der Waals surface area contributed by atoms with Crippen LogP contribution in [0, 0.1) is 5.82 Å². The van der Waals surface area contributed by atoms with Gasteiger partial charge in [-0.2, -0.15) is 0 Å². The van der Waals surface area contributed by atoms with Crippen molar-refractivity contribution in [2.24, 2.45) is 0 Å². The molecule has 24 heavy (non-hydrogen) atoms. The number of hydrogen-bond acceptors (Lipinski definition) is 3. The van der Waals surface area contributed by atoms with Crippen molar-refractivity contribution in [2.45, 2.75) is 6.54 Å². The first-order valence-electron chi connectivity index (χ1n) is 7.73. The molecule has 0 bridgehead atoms. The molecule has 4 nitrogen and oxygen atoms in total. The Balaban J connectivity index is 0.00000208. The number of nitrogens with zero attached hydrogens (tertiary/aromatic N) is 2. The molecule has 2 N–H and O–H groups in total. The number of amides is 1. The highest BCUT2D eigenvalue weighted by Crippen LogP contribution is 2.13. The van der Waals surface area contributed by atoms with Gasteiger partial charge in [0.15, 0.2) is 0 Å². The molecule has 128 valence electrons. The average molecular weight is 350 g/mol. The van der Waals surface area contributed by atoms with E-state index in [2.05, 4.69) is 11.0 Å². The number of rotatable bonds is 3. The number of carbonyl (C=O) groups is 1. The number of hydrogen-bond donors (Lipinski definition) is 1. The Kier molecular flexibility index (Phi) is 6.17. The number of anilines is 1. The summed E-state index contributed by atoms with van der Waals surface area (Å²) in [5, 5.41) is 0. The Hall–Kier alpha value is -2.11. The molecule has 1 fully saturated rings. The third-order valence-electron chi connectivity index (χ3n) is 4.11. The van der Waals surface area contributed by atoms with Gasteiger partial charge in [-0.05, 0) is 42.0 Å². The minimum Gasteiger partial charge on any atom is -0.399 e. The average Bonchev–Trinajstić information content (AvgIpc) is 2.56. The normalized spacial score (nSPS) is 15.0. The van der Waals surface area contributed by atoms with Crippen LogP contribution >= 0.6 is 12.4 Å². The topological polar surface area (TPSA) is 49.6 Å². The number of halogens is 2. The fourth-order valence-corrected chi connectivity index (χ4v) is 2.83. The SMILES string of the molecule is Cl.Nc1cccc(CN2CCN(C(=O)c3ccc(F)cc3)CC2)c1. The van der Waals surface area contributed by atoms with Crippen LogP contribution in [0.3, 0.4) is 0 Å². The molecular weight excluding hydrogens is 329 g/mol. The highest BCUT2D eigenvalue weighted by molar-refractivity contribution is 5.94. The van der Waals surface area contributed by atoms with Gasteiger partial charge in [-0.3, -0.25) is 9.69 Å². The zero-order valence-corrected chi connectivity index (χ0v) is 14.1. The van der Waals surface area contributed by atoms with Crippen molar-refractivity contribution in [1.29, 1.82) is 0 Å². The molecule has 1 heterocycles. The minimum atomic E-state index is -0.325. The van der Waals surface area contributed by atoms with Gasteiger partial charge in [-0.1, -0.05) is 12.1 Å². The van der Waals surface area contributed by atoms with E-state index in [1.54, 1.807) is 0 Å². The molecule has 0 aliphatic carbocycles. The van der Waals surface area contributed by atoms with Crippen LogP contribution in [0.1, 0.15) is 15.9 Å². The number of nitrogens with two attached hydrogens (primary N) is 1. The largest absolute Gasteiger partial charge is 0.399 e. The van der Waals surface area contributed by atoms with Gasteiger partial charge in [0, 0.05) is 44.0 Å². The van der Waals surface area contributed by atoms with Crippen LogP contribution in [-0.4, -0.2) is 41.9 Å². The molecule has 1 aliphatic heterocycles. The highest BCUT2D eigenvalue weighted by Gasteiger charge is 2.22. The number of benzene rings is 2. The van der Waals surface area contributed by atoms with Gasteiger partial charge in [0.25, 0.3) is 5.91 Å². The number of nitrogen functional groups attached to an aromatic ring is 1. The van der Waals surface area contributed by atoms with E-state index in [1.165, 1.54) is 29.8 Å². The lowest BCUT2D eigenvalue weighted by Gasteiger charge is -2.34. The smallest absolute Gasteiger partial charge is 0.253 e. The zero-order chi connectivity index (χ0) is 16.2. The van der Waals surface area contributed by atoms with Crippen LogP contribution in [0.4, 0.5) is 10.1 Å². The van der Waals surface area contributed by atoms with Crippen molar-refractivity contribution >= 4 is 24.0 Å². The van der Waals surface area contributed by atoms with E-state index in [9.17, 15) is 9.18 Å². The predicted octanol–water partition coefficient (Wildman–Crippen LogP) is 2.79. The molecule has 0 unspecified atom stereocenters. The molecule has 0 atom stereocenters. The maximum absolute atomic E-state index is 12.9. The Morgan fingerprint density at radius 1 is 1.04 bits per heavy atom. The number of carbonyl (C=O) groups excluding carboxylic acids is 1. The number of piperazine rings is 1. The summed E-state index contributed by atoms with van der Waals surface area (Å²) < 4.78 is 12.9. The van der Waals surface area contributed by atoms with Gasteiger partial charge < -0.3 is 10.6 Å². The van der Waals surface area contributed by atoms with Gasteiger partial charge in [0.1, 0.15) is 5.82 Å². The van der Waals surface area contributed by atoms with Crippen molar-refractivity contribution in [3.05, 3.63) is 65.5 Å². The second-order valence-corrected chi connectivity index (χ2v) is 5.82. The molecule has 0 spiro atoms. The van der Waals surface area contributed by atoms with E-state index < -0.39 is 0 Å². The molecule has 0 aromatic heterocycles. The molecule has 1 amide bonds. The van der Waals surface area contributed by atoms with E-state index in [1.807, 2.05) is 23.1 Å². The van der Waals surface area contributed by atoms with E-state index in [0.717, 1.165) is 25.3 Å². The summed E-state index contributed by atoms with van der Waals surface area (Å²) in [6.45, 7) is 3.84. The fraction of sp³-hybridized carbons (Fsp3) is 0.278. The second kappa shape index (κ2) is 8.13. The van der Waals surface area contributed by atoms with Crippen molar-refractivity contribution in [3.63, 3.8) is 0 Å². The molecule has 1 saturated heterocycles. The van der Waals surface area contributed by atoms with Gasteiger partial charge in [0.2, 0.25) is 0 Å². The zero-order valence-electron chi connectivity index (χ0n) is 13.3. The van der Waals surface area contributed by atoms with Crippen LogP contribution in [0.5, 0.6) is 0 Å². The summed E-state index contributed by atoms with van der Waals surface area (Å²) in [6, 6.07) is 13.6. The highest BCUT2D eigenvalue weighted by atomic mass is 35.5. The van der Waals surface area contributed by atoms with E-state index in [0.29, 0.717) is 18.7 Å². The third-order valence-corrected chi connectivity index (χ3v) is 4.11. The molecular formula is C18H21ClFN3O. The van der Waals surface area contributed by atoms with Crippen LogP contribution in [0.25, 0.3) is 0 Å². The van der Waals surface area contributed by atoms with Crippen molar-refractivity contribution in [1.82, 2.24) is 9.80 Å². The lowest BCUT2D eigenvalue weighted by Crippen LogP contribution is -2.48. The van der Waals surface area contributed by atoms with E-state index in [-0.39, 0.29) is 24.1 Å². The van der Waals surface area contributed by atoms with Gasteiger partial charge in [-0.25, -0.2) is 4.39 Å². The Morgan fingerprint density at radius 2 is 1.71 bits per heavy atom. The monoisotopic (exact) mass is 349 g/mol. The van der Waals surface area contributed by atoms with Crippen LogP contribution < -0.4 is 5.73 Å². The second-order valence-electron chi connectivity index (χ2n) is 5.82. The van der Waals surface area contributed by atoms with E-state index in [4.69, 9.17) is 5.73 Å². The summed E-state index contributed by atoms with van der Waals surface area (Å²) in [5.41, 5.74) is 8.29. The summed E-state index contributed by atoms with van der Waals surface area (Å²) in [4.78, 5) is 16.5. The molecule has 2 aromatic carbocycles. The molecule has 2 aromatic rings. The lowest BCUT2D eigenvalue weighted by molar-refractivity contribution is 0.0628. The molecule has 0 radical (unpaired) electrons. The maximum Gasteiger partial charge on any atom is 0.253 e. The minimum absolute atomic E-state index is 0. The summed E-state index contributed by atoms with van der Waals surface area (Å²) in [6.07, 6.45) is 0. The molecule has 6 heteroatoms. The van der Waals surface area contributed by atoms with Crippen LogP contribution in [-0.2, 0) is 6.54 Å². The predicted molar refractivity (Wildman–Crippen MR) is 95.7 cm³/mol. The Labute approximate surface area is 147 Å². The Morgan fingerprint density at radius 3 is 2.33 bits per heavy atom. The van der Waals surface area contributed by atoms with Crippen molar-refractivity contribution in [3.8, 4) is 0 Å². The molecule has 0 saturated carbocycles. The summed E-state index contributed by atoms with van der Waals surface area (Å²) in [5.74, 6) is -0.359. The fourth-order valence-electron chi connectivity index (χ4n) is 2.83. The summed E-state index contributed by atoms with van der Waals surface area (Å²) >= 11 is 0. The lowest BCUT2D eigenvalue weighted by atomic mass is 10.1. The van der Waals surface area contributed by atoms with Gasteiger partial charge in [-0.15, -0.1) is 12.4 Å². The van der Waals surface area contributed by atoms with Gasteiger partial charge in [0.05, 0.1) is 0 Å². The Bertz CT molecular complexity index is 685. The van der Waals surface area contributed by atoms with Crippen molar-refractivity contribution < 1.29 is 9.18 Å². The first kappa shape index (κ1) is 18.2. The molecule has 3 rings (SSSR count). The molecule has 1 aliphatic rings. The van der Waals surface area contributed by atoms with Crippen LogP contribution in [0.2, 0.25) is 0 Å². The standard InChI is InChI=1S/C18H20FN3O.ClH/c19-16-6-4-15(5-7-16)18(23)22-10-8-21(9-11-22)13-14-2-1-3-17(20)12-14;/h1-7,12H,8-11,13,20H2;1H. The van der Waals surface area contributed by atoms with Crippen LogP contribution in [0.15, 0.2) is 48.5 Å². The quantitative estimate of drug-likeness (QED) is 0.867. The first-order valence-corrected chi connectivity index (χ1v) is 7.73. The van der Waals surface area contributed by atoms with E-state index >= 15 is 0 Å². The van der Waals surface area contributed by atoms with Gasteiger partial charge >= 0.3 is 0 Å². The summed E-state index contributed by atoms with van der Waals surface area (Å²) in [7, 11) is 0. The third kappa shape index (κ3) is 4.46. The first-order chi connectivity index (χ1) is 11.1. The maximum atomic E-state index is 12.9.